The summed E-state index contributed by atoms with van der Waals surface area (Å²) >= 11 is 0. The molecule has 0 amide bonds. The maximum Gasteiger partial charge on any atom is 0.416 e. The minimum Gasteiger partial charge on any atom is -0.372 e. The molecule has 106 valence electrons. The minimum atomic E-state index is -4.27. The standard InChI is InChI=1S/C15H19F3O/c1-9-12(13(9)19-14(2,3)4)10-5-7-11(8-6-10)15(16,17)18/h5-9,12-13H,1-4H3/t9-,12+,13+/m1/s1. The van der Waals surface area contributed by atoms with Gasteiger partial charge in [0.2, 0.25) is 0 Å². The first-order chi connectivity index (χ1) is 8.59. The summed E-state index contributed by atoms with van der Waals surface area (Å²) in [7, 11) is 0. The van der Waals surface area contributed by atoms with E-state index in [1.807, 2.05) is 20.8 Å². The van der Waals surface area contributed by atoms with E-state index in [0.717, 1.165) is 17.7 Å². The molecule has 2 rings (SSSR count). The molecule has 1 aliphatic rings. The predicted molar refractivity (Wildman–Crippen MR) is 68.0 cm³/mol. The van der Waals surface area contributed by atoms with Gasteiger partial charge in [-0.3, -0.25) is 0 Å². The monoisotopic (exact) mass is 272 g/mol. The summed E-state index contributed by atoms with van der Waals surface area (Å²) in [5.41, 5.74) is 0.104. The first-order valence-electron chi connectivity index (χ1n) is 6.44. The number of benzene rings is 1. The number of hydrogen-bond acceptors (Lipinski definition) is 1. The fourth-order valence-corrected chi connectivity index (χ4v) is 2.40. The maximum atomic E-state index is 12.5. The summed E-state index contributed by atoms with van der Waals surface area (Å²) in [6.45, 7) is 8.03. The molecule has 19 heavy (non-hydrogen) atoms. The van der Waals surface area contributed by atoms with Gasteiger partial charge in [0.25, 0.3) is 0 Å². The van der Waals surface area contributed by atoms with E-state index in [-0.39, 0.29) is 17.6 Å². The SMILES string of the molecule is C[C@H]1[C@H](OC(C)(C)C)[C@@H]1c1ccc(C(F)(F)F)cc1. The Kier molecular flexibility index (Phi) is 3.42. The zero-order chi connectivity index (χ0) is 14.4. The van der Waals surface area contributed by atoms with Crippen LogP contribution in [0.5, 0.6) is 0 Å². The molecule has 0 bridgehead atoms. The van der Waals surface area contributed by atoms with E-state index in [0.29, 0.717) is 5.92 Å². The molecule has 0 heterocycles. The number of halogens is 3. The van der Waals surface area contributed by atoms with Gasteiger partial charge in [0.15, 0.2) is 0 Å². The smallest absolute Gasteiger partial charge is 0.372 e. The van der Waals surface area contributed by atoms with Crippen LogP contribution in [-0.4, -0.2) is 11.7 Å². The molecular formula is C15H19F3O. The first kappa shape index (κ1) is 14.4. The van der Waals surface area contributed by atoms with Crippen LogP contribution in [0.2, 0.25) is 0 Å². The van der Waals surface area contributed by atoms with Crippen LogP contribution in [0.4, 0.5) is 13.2 Å². The molecule has 0 aliphatic heterocycles. The quantitative estimate of drug-likeness (QED) is 0.763. The van der Waals surface area contributed by atoms with Gasteiger partial charge in [0, 0.05) is 5.92 Å². The van der Waals surface area contributed by atoms with Gasteiger partial charge in [0.05, 0.1) is 17.3 Å². The summed E-state index contributed by atoms with van der Waals surface area (Å²) in [4.78, 5) is 0. The lowest BCUT2D eigenvalue weighted by Crippen LogP contribution is -2.21. The Bertz CT molecular complexity index is 442. The normalized spacial score (nSPS) is 27.4. The maximum absolute atomic E-state index is 12.5. The van der Waals surface area contributed by atoms with E-state index in [9.17, 15) is 13.2 Å². The predicted octanol–water partition coefficient (Wildman–Crippen LogP) is 4.62. The van der Waals surface area contributed by atoms with Crippen molar-refractivity contribution in [2.75, 3.05) is 0 Å². The molecule has 0 N–H and O–H groups in total. The Hall–Kier alpha value is -1.03. The van der Waals surface area contributed by atoms with Crippen LogP contribution in [0.15, 0.2) is 24.3 Å². The van der Waals surface area contributed by atoms with Crippen LogP contribution in [-0.2, 0) is 10.9 Å². The summed E-state index contributed by atoms with van der Waals surface area (Å²) in [6, 6.07) is 5.43. The summed E-state index contributed by atoms with van der Waals surface area (Å²) in [6.07, 6.45) is -4.16. The van der Waals surface area contributed by atoms with E-state index in [4.69, 9.17) is 4.74 Å². The lowest BCUT2D eigenvalue weighted by molar-refractivity contribution is -0.137. The number of ether oxygens (including phenoxy) is 1. The van der Waals surface area contributed by atoms with Crippen LogP contribution in [0, 0.1) is 5.92 Å². The zero-order valence-corrected chi connectivity index (χ0v) is 11.6. The van der Waals surface area contributed by atoms with Gasteiger partial charge in [-0.05, 0) is 44.4 Å². The Morgan fingerprint density at radius 2 is 1.53 bits per heavy atom. The fourth-order valence-electron chi connectivity index (χ4n) is 2.40. The lowest BCUT2D eigenvalue weighted by atomic mass is 10.1. The van der Waals surface area contributed by atoms with E-state index >= 15 is 0 Å². The van der Waals surface area contributed by atoms with Crippen LogP contribution < -0.4 is 0 Å². The second-order valence-electron chi connectivity index (χ2n) is 6.20. The van der Waals surface area contributed by atoms with Gasteiger partial charge in [-0.25, -0.2) is 0 Å². The topological polar surface area (TPSA) is 9.23 Å². The second-order valence-corrected chi connectivity index (χ2v) is 6.20. The van der Waals surface area contributed by atoms with Crippen LogP contribution >= 0.6 is 0 Å². The van der Waals surface area contributed by atoms with E-state index in [1.165, 1.54) is 0 Å². The number of rotatable bonds is 2. The van der Waals surface area contributed by atoms with Gasteiger partial charge < -0.3 is 4.74 Å². The van der Waals surface area contributed by atoms with Crippen molar-refractivity contribution < 1.29 is 17.9 Å². The minimum absolute atomic E-state index is 0.108. The Labute approximate surface area is 111 Å². The van der Waals surface area contributed by atoms with Crippen LogP contribution in [0.3, 0.4) is 0 Å². The first-order valence-corrected chi connectivity index (χ1v) is 6.44. The van der Waals surface area contributed by atoms with Crippen molar-refractivity contribution in [3.05, 3.63) is 35.4 Å². The molecule has 0 unspecified atom stereocenters. The fraction of sp³-hybridized carbons (Fsp3) is 0.600. The Morgan fingerprint density at radius 3 is 1.95 bits per heavy atom. The van der Waals surface area contributed by atoms with Crippen molar-refractivity contribution in [3.63, 3.8) is 0 Å². The number of hydrogen-bond donors (Lipinski definition) is 0. The zero-order valence-electron chi connectivity index (χ0n) is 11.6. The highest BCUT2D eigenvalue weighted by Crippen LogP contribution is 2.51. The summed E-state index contributed by atoms with van der Waals surface area (Å²) in [5, 5.41) is 0. The van der Waals surface area contributed by atoms with E-state index in [2.05, 4.69) is 6.92 Å². The molecule has 1 aromatic rings. The molecule has 1 nitrogen and oxygen atoms in total. The molecule has 1 aliphatic carbocycles. The molecule has 0 spiro atoms. The molecule has 3 atom stereocenters. The van der Waals surface area contributed by atoms with Gasteiger partial charge in [-0.1, -0.05) is 19.1 Å². The average molecular weight is 272 g/mol. The van der Waals surface area contributed by atoms with Crippen molar-refractivity contribution in [3.8, 4) is 0 Å². The molecule has 0 radical (unpaired) electrons. The second kappa shape index (κ2) is 4.51. The van der Waals surface area contributed by atoms with Crippen molar-refractivity contribution in [1.29, 1.82) is 0 Å². The molecule has 1 saturated carbocycles. The van der Waals surface area contributed by atoms with Crippen molar-refractivity contribution in [2.45, 2.75) is 51.5 Å². The molecule has 0 aromatic heterocycles. The largest absolute Gasteiger partial charge is 0.416 e. The summed E-state index contributed by atoms with van der Waals surface area (Å²) < 4.78 is 43.4. The number of alkyl halides is 3. The molecule has 1 aromatic carbocycles. The highest BCUT2D eigenvalue weighted by atomic mass is 19.4. The third-order valence-corrected chi connectivity index (χ3v) is 3.41. The average Bonchev–Trinajstić information content (AvgIpc) is 2.85. The van der Waals surface area contributed by atoms with E-state index < -0.39 is 11.7 Å². The van der Waals surface area contributed by atoms with E-state index in [1.54, 1.807) is 12.1 Å². The molecule has 0 saturated heterocycles. The lowest BCUT2D eigenvalue weighted by Gasteiger charge is -2.20. The van der Waals surface area contributed by atoms with Gasteiger partial charge >= 0.3 is 6.18 Å². The molecule has 1 fully saturated rings. The van der Waals surface area contributed by atoms with Crippen molar-refractivity contribution >= 4 is 0 Å². The van der Waals surface area contributed by atoms with Crippen molar-refractivity contribution in [1.82, 2.24) is 0 Å². The highest BCUT2D eigenvalue weighted by Gasteiger charge is 2.50. The van der Waals surface area contributed by atoms with Crippen LogP contribution in [0.25, 0.3) is 0 Å². The Morgan fingerprint density at radius 1 is 1.00 bits per heavy atom. The van der Waals surface area contributed by atoms with Gasteiger partial charge in [-0.2, -0.15) is 13.2 Å². The summed E-state index contributed by atoms with van der Waals surface area (Å²) in [5.74, 6) is 0.567. The van der Waals surface area contributed by atoms with Crippen LogP contribution in [0.1, 0.15) is 44.7 Å². The highest BCUT2D eigenvalue weighted by molar-refractivity contribution is 5.33. The van der Waals surface area contributed by atoms with Crippen molar-refractivity contribution in [2.24, 2.45) is 5.92 Å². The van der Waals surface area contributed by atoms with Gasteiger partial charge in [0.1, 0.15) is 0 Å². The molecular weight excluding hydrogens is 253 g/mol. The molecule has 4 heteroatoms. The van der Waals surface area contributed by atoms with Gasteiger partial charge in [-0.15, -0.1) is 0 Å². The third kappa shape index (κ3) is 3.30. The Balaban J connectivity index is 2.08. The third-order valence-electron chi connectivity index (χ3n) is 3.41.